The van der Waals surface area contributed by atoms with Crippen molar-refractivity contribution in [2.75, 3.05) is 19.8 Å². The molecule has 0 fully saturated rings. The molecule has 0 bridgehead atoms. The average molecular weight is 300 g/mol. The van der Waals surface area contributed by atoms with Crippen LogP contribution in [0, 0.1) is 5.41 Å². The Hall–Kier alpha value is -1.10. The lowest BCUT2D eigenvalue weighted by molar-refractivity contribution is -0.123. The Balaban J connectivity index is 3.49. The highest BCUT2D eigenvalue weighted by Gasteiger charge is 2.15. The summed E-state index contributed by atoms with van der Waals surface area (Å²) in [5, 5.41) is 5.73. The van der Waals surface area contributed by atoms with Crippen molar-refractivity contribution >= 4 is 11.8 Å². The molecular weight excluding hydrogens is 268 g/mol. The van der Waals surface area contributed by atoms with Gasteiger partial charge in [0.25, 0.3) is 0 Å². The Labute approximate surface area is 129 Å². The summed E-state index contributed by atoms with van der Waals surface area (Å²) in [6.45, 7) is 13.5. The van der Waals surface area contributed by atoms with Crippen molar-refractivity contribution in [1.82, 2.24) is 10.6 Å². The van der Waals surface area contributed by atoms with Gasteiger partial charge in [-0.25, -0.2) is 0 Å². The molecule has 0 saturated heterocycles. The van der Waals surface area contributed by atoms with Gasteiger partial charge in [-0.1, -0.05) is 20.8 Å². The lowest BCUT2D eigenvalue weighted by Gasteiger charge is -2.20. The highest BCUT2D eigenvalue weighted by atomic mass is 16.5. The van der Waals surface area contributed by atoms with E-state index in [1.54, 1.807) is 0 Å². The minimum absolute atomic E-state index is 0.00531. The molecule has 0 heterocycles. The fourth-order valence-electron chi connectivity index (χ4n) is 1.72. The molecule has 0 aliphatic heterocycles. The molecule has 0 saturated carbocycles. The van der Waals surface area contributed by atoms with Crippen molar-refractivity contribution in [1.29, 1.82) is 0 Å². The molecular formula is C16H32N2O3. The van der Waals surface area contributed by atoms with Gasteiger partial charge < -0.3 is 15.4 Å². The van der Waals surface area contributed by atoms with E-state index in [0.717, 1.165) is 0 Å². The van der Waals surface area contributed by atoms with E-state index in [2.05, 4.69) is 10.6 Å². The van der Waals surface area contributed by atoms with E-state index in [-0.39, 0.29) is 22.8 Å². The molecule has 0 radical (unpaired) electrons. The first-order chi connectivity index (χ1) is 9.49. The summed E-state index contributed by atoms with van der Waals surface area (Å²) in [7, 11) is 0. The smallest absolute Gasteiger partial charge is 0.220 e. The largest absolute Gasteiger partial charge is 0.380 e. The van der Waals surface area contributed by atoms with Gasteiger partial charge in [0, 0.05) is 31.5 Å². The number of carbonyl (C=O) groups excluding carboxylic acids is 2. The van der Waals surface area contributed by atoms with Crippen LogP contribution in [-0.2, 0) is 14.3 Å². The number of hydrogen-bond donors (Lipinski definition) is 2. The minimum Gasteiger partial charge on any atom is -0.380 e. The molecule has 0 aromatic heterocycles. The third kappa shape index (κ3) is 15.1. The quantitative estimate of drug-likeness (QED) is 0.676. The van der Waals surface area contributed by atoms with Crippen LogP contribution in [0.4, 0.5) is 0 Å². The first-order valence-electron chi connectivity index (χ1n) is 7.65. The van der Waals surface area contributed by atoms with E-state index in [4.69, 9.17) is 4.74 Å². The van der Waals surface area contributed by atoms with Gasteiger partial charge >= 0.3 is 0 Å². The first-order valence-corrected chi connectivity index (χ1v) is 7.65. The highest BCUT2D eigenvalue weighted by Crippen LogP contribution is 2.17. The summed E-state index contributed by atoms with van der Waals surface area (Å²) in [5.41, 5.74) is -0.180. The van der Waals surface area contributed by atoms with E-state index in [1.807, 2.05) is 41.5 Å². The number of ether oxygens (including phenoxy) is 1. The van der Waals surface area contributed by atoms with Gasteiger partial charge in [-0.05, 0) is 32.6 Å². The van der Waals surface area contributed by atoms with Crippen molar-refractivity contribution in [3.05, 3.63) is 0 Å². The minimum atomic E-state index is -0.185. The molecule has 0 unspecified atom stereocenters. The summed E-state index contributed by atoms with van der Waals surface area (Å²) >= 11 is 0. The zero-order chi connectivity index (χ0) is 16.5. The normalized spacial score (nSPS) is 12.1. The van der Waals surface area contributed by atoms with Gasteiger partial charge in [0.05, 0.1) is 6.61 Å². The molecule has 5 nitrogen and oxygen atoms in total. The fraction of sp³-hybridized carbons (Fsp3) is 0.875. The third-order valence-electron chi connectivity index (χ3n) is 2.47. The number of hydrogen-bond acceptors (Lipinski definition) is 3. The monoisotopic (exact) mass is 300 g/mol. The van der Waals surface area contributed by atoms with Crippen LogP contribution in [-0.4, -0.2) is 37.1 Å². The van der Waals surface area contributed by atoms with E-state index in [0.29, 0.717) is 39.0 Å². The summed E-state index contributed by atoms with van der Waals surface area (Å²) in [4.78, 5) is 23.1. The van der Waals surface area contributed by atoms with Crippen molar-refractivity contribution in [2.24, 2.45) is 5.41 Å². The standard InChI is InChI=1S/C16H32N2O3/c1-15(2,3)12-14(20)17-9-11-21-10-7-8-13(19)18-16(4,5)6/h7-12H2,1-6H3,(H,17,20)(H,18,19). The number of nitrogens with one attached hydrogen (secondary N) is 2. The molecule has 2 amide bonds. The van der Waals surface area contributed by atoms with E-state index >= 15 is 0 Å². The summed E-state index contributed by atoms with van der Waals surface area (Å²) in [5.74, 6) is 0.0974. The lowest BCUT2D eigenvalue weighted by atomic mass is 9.92. The average Bonchev–Trinajstić information content (AvgIpc) is 2.22. The number of carbonyl (C=O) groups is 2. The SMILES string of the molecule is CC(C)(C)CC(=O)NCCOCCCC(=O)NC(C)(C)C. The van der Waals surface area contributed by atoms with E-state index < -0.39 is 0 Å². The highest BCUT2D eigenvalue weighted by molar-refractivity contribution is 5.76. The number of amides is 2. The Bertz CT molecular complexity index is 295. The first kappa shape index (κ1) is 19.9. The van der Waals surface area contributed by atoms with Crippen LogP contribution in [0.25, 0.3) is 0 Å². The van der Waals surface area contributed by atoms with Gasteiger partial charge in [-0.15, -0.1) is 0 Å². The molecule has 0 atom stereocenters. The van der Waals surface area contributed by atoms with E-state index in [9.17, 15) is 9.59 Å². The maximum atomic E-state index is 11.6. The van der Waals surface area contributed by atoms with Crippen LogP contribution in [0.5, 0.6) is 0 Å². The fourth-order valence-corrected chi connectivity index (χ4v) is 1.72. The molecule has 0 aliphatic carbocycles. The number of rotatable bonds is 8. The molecule has 21 heavy (non-hydrogen) atoms. The molecule has 5 heteroatoms. The van der Waals surface area contributed by atoms with Crippen molar-refractivity contribution in [2.45, 2.75) is 66.3 Å². The lowest BCUT2D eigenvalue weighted by Crippen LogP contribution is -2.40. The molecule has 0 rings (SSSR count). The van der Waals surface area contributed by atoms with E-state index in [1.165, 1.54) is 0 Å². The van der Waals surface area contributed by atoms with Gasteiger partial charge in [0.1, 0.15) is 0 Å². The predicted molar refractivity (Wildman–Crippen MR) is 85.0 cm³/mol. The Morgan fingerprint density at radius 2 is 1.57 bits per heavy atom. The van der Waals surface area contributed by atoms with Gasteiger partial charge in [-0.3, -0.25) is 9.59 Å². The molecule has 124 valence electrons. The van der Waals surface area contributed by atoms with Crippen molar-refractivity contribution in [3.63, 3.8) is 0 Å². The maximum Gasteiger partial charge on any atom is 0.220 e. The maximum absolute atomic E-state index is 11.6. The molecule has 2 N–H and O–H groups in total. The Morgan fingerprint density at radius 1 is 0.952 bits per heavy atom. The Morgan fingerprint density at radius 3 is 2.10 bits per heavy atom. The van der Waals surface area contributed by atoms with Gasteiger partial charge in [-0.2, -0.15) is 0 Å². The summed E-state index contributed by atoms with van der Waals surface area (Å²) < 4.78 is 5.40. The van der Waals surface area contributed by atoms with Gasteiger partial charge in [0.2, 0.25) is 11.8 Å². The third-order valence-corrected chi connectivity index (χ3v) is 2.47. The zero-order valence-corrected chi connectivity index (χ0v) is 14.5. The second kappa shape index (κ2) is 9.03. The van der Waals surface area contributed by atoms with Gasteiger partial charge in [0.15, 0.2) is 0 Å². The summed E-state index contributed by atoms with van der Waals surface area (Å²) in [6, 6.07) is 0. The second-order valence-corrected chi connectivity index (χ2v) is 7.60. The van der Waals surface area contributed by atoms with Crippen molar-refractivity contribution in [3.8, 4) is 0 Å². The van der Waals surface area contributed by atoms with Crippen LogP contribution >= 0.6 is 0 Å². The van der Waals surface area contributed by atoms with Crippen LogP contribution in [0.15, 0.2) is 0 Å². The van der Waals surface area contributed by atoms with Crippen LogP contribution in [0.1, 0.15) is 60.8 Å². The van der Waals surface area contributed by atoms with Crippen LogP contribution in [0.2, 0.25) is 0 Å². The van der Waals surface area contributed by atoms with Crippen LogP contribution < -0.4 is 10.6 Å². The zero-order valence-electron chi connectivity index (χ0n) is 14.5. The molecule has 0 aromatic rings. The molecule has 0 spiro atoms. The topological polar surface area (TPSA) is 67.4 Å². The second-order valence-electron chi connectivity index (χ2n) is 7.60. The predicted octanol–water partition coefficient (Wildman–Crippen LogP) is 2.25. The van der Waals surface area contributed by atoms with Crippen LogP contribution in [0.3, 0.4) is 0 Å². The Kier molecular flexibility index (Phi) is 8.55. The molecule has 0 aromatic carbocycles. The molecule has 0 aliphatic rings. The van der Waals surface area contributed by atoms with Crippen molar-refractivity contribution < 1.29 is 14.3 Å². The summed E-state index contributed by atoms with van der Waals surface area (Å²) in [6.07, 6.45) is 1.67.